The lowest BCUT2D eigenvalue weighted by Crippen LogP contribution is -2.24. The van der Waals surface area contributed by atoms with Crippen molar-refractivity contribution in [3.05, 3.63) is 47.5 Å². The first-order valence-electron chi connectivity index (χ1n) is 8.32. The minimum atomic E-state index is -0.0918. The van der Waals surface area contributed by atoms with Crippen molar-refractivity contribution in [2.45, 2.75) is 19.9 Å². The summed E-state index contributed by atoms with van der Waals surface area (Å²) in [5, 5.41) is 2.86. The molecule has 0 aliphatic carbocycles. The van der Waals surface area contributed by atoms with Gasteiger partial charge in [-0.15, -0.1) is 0 Å². The smallest absolute Gasteiger partial charge is 0.223 e. The fourth-order valence-electron chi connectivity index (χ4n) is 2.42. The monoisotopic (exact) mass is 359 g/mol. The highest BCUT2D eigenvalue weighted by Gasteiger charge is 2.13. The van der Waals surface area contributed by atoms with Gasteiger partial charge in [-0.1, -0.05) is 17.7 Å². The van der Waals surface area contributed by atoms with Crippen molar-refractivity contribution in [1.82, 2.24) is 5.32 Å². The van der Waals surface area contributed by atoms with E-state index in [2.05, 4.69) is 5.32 Å². The van der Waals surface area contributed by atoms with E-state index in [1.165, 1.54) is 5.56 Å². The van der Waals surface area contributed by atoms with Crippen LogP contribution in [0.15, 0.2) is 36.4 Å². The number of nitrogens with one attached hydrogen (secondary N) is 1. The van der Waals surface area contributed by atoms with E-state index in [0.29, 0.717) is 30.4 Å². The zero-order valence-corrected chi connectivity index (χ0v) is 15.6. The van der Waals surface area contributed by atoms with E-state index in [0.717, 1.165) is 11.3 Å². The molecular formula is C20H25NO5. The van der Waals surface area contributed by atoms with Gasteiger partial charge in [0.1, 0.15) is 5.75 Å². The van der Waals surface area contributed by atoms with Gasteiger partial charge < -0.3 is 24.3 Å². The number of hydrogen-bond donors (Lipinski definition) is 1. The number of hydrogen-bond acceptors (Lipinski definition) is 5. The summed E-state index contributed by atoms with van der Waals surface area (Å²) in [7, 11) is 4.67. The summed E-state index contributed by atoms with van der Waals surface area (Å²) >= 11 is 0. The Morgan fingerprint density at radius 2 is 1.58 bits per heavy atom. The predicted octanol–water partition coefficient (Wildman–Crippen LogP) is 3.11. The minimum absolute atomic E-state index is 0.0918. The van der Waals surface area contributed by atoms with E-state index in [-0.39, 0.29) is 12.3 Å². The number of aryl methyl sites for hydroxylation is 1. The molecular weight excluding hydrogens is 334 g/mol. The van der Waals surface area contributed by atoms with Gasteiger partial charge in [0.05, 0.1) is 34.4 Å². The van der Waals surface area contributed by atoms with Crippen LogP contribution >= 0.6 is 0 Å². The molecule has 6 nitrogen and oxygen atoms in total. The van der Waals surface area contributed by atoms with Crippen LogP contribution in [0.4, 0.5) is 0 Å². The molecule has 0 saturated carbocycles. The van der Waals surface area contributed by atoms with Crippen molar-refractivity contribution in [2.75, 3.05) is 27.9 Å². The maximum atomic E-state index is 12.0. The summed E-state index contributed by atoms with van der Waals surface area (Å²) in [6.07, 6.45) is 0.276. The van der Waals surface area contributed by atoms with E-state index in [1.54, 1.807) is 21.3 Å². The van der Waals surface area contributed by atoms with Crippen molar-refractivity contribution in [3.8, 4) is 23.0 Å². The lowest BCUT2D eigenvalue weighted by Gasteiger charge is -2.14. The molecule has 2 aromatic rings. The molecule has 0 unspecified atom stereocenters. The number of carbonyl (C=O) groups excluding carboxylic acids is 1. The minimum Gasteiger partial charge on any atom is -0.493 e. The second kappa shape index (κ2) is 9.56. The molecule has 0 heterocycles. The second-order valence-electron chi connectivity index (χ2n) is 5.72. The number of rotatable bonds is 9. The standard InChI is InChI=1S/C20H25NO5/c1-14-5-7-16(8-6-14)26-10-9-19(22)21-13-15-11-17(23-2)20(25-4)18(12-15)24-3/h5-8,11-12H,9-10,13H2,1-4H3,(H,21,22). The van der Waals surface area contributed by atoms with Crippen LogP contribution in [-0.4, -0.2) is 33.8 Å². The summed E-state index contributed by atoms with van der Waals surface area (Å²) in [4.78, 5) is 12.0. The van der Waals surface area contributed by atoms with Crippen molar-refractivity contribution in [2.24, 2.45) is 0 Å². The molecule has 1 N–H and O–H groups in total. The predicted molar refractivity (Wildman–Crippen MR) is 99.2 cm³/mol. The second-order valence-corrected chi connectivity index (χ2v) is 5.72. The van der Waals surface area contributed by atoms with Crippen LogP contribution in [0.3, 0.4) is 0 Å². The number of methoxy groups -OCH3 is 3. The molecule has 0 aliphatic rings. The maximum absolute atomic E-state index is 12.0. The van der Waals surface area contributed by atoms with Gasteiger partial charge in [0.15, 0.2) is 11.5 Å². The van der Waals surface area contributed by atoms with Gasteiger partial charge >= 0.3 is 0 Å². The third-order valence-corrected chi connectivity index (χ3v) is 3.83. The molecule has 0 aromatic heterocycles. The van der Waals surface area contributed by atoms with Gasteiger partial charge in [0, 0.05) is 6.54 Å². The maximum Gasteiger partial charge on any atom is 0.223 e. The molecule has 1 amide bonds. The summed E-state index contributed by atoms with van der Waals surface area (Å²) in [5.74, 6) is 2.30. The molecule has 6 heteroatoms. The van der Waals surface area contributed by atoms with E-state index in [9.17, 15) is 4.79 Å². The van der Waals surface area contributed by atoms with Gasteiger partial charge in [-0.25, -0.2) is 0 Å². The molecule has 0 radical (unpaired) electrons. The van der Waals surface area contributed by atoms with Crippen LogP contribution in [0.2, 0.25) is 0 Å². The van der Waals surface area contributed by atoms with Gasteiger partial charge in [0.2, 0.25) is 11.7 Å². The highest BCUT2D eigenvalue weighted by atomic mass is 16.5. The van der Waals surface area contributed by atoms with Crippen molar-refractivity contribution in [3.63, 3.8) is 0 Å². The Hall–Kier alpha value is -2.89. The van der Waals surface area contributed by atoms with Crippen molar-refractivity contribution in [1.29, 1.82) is 0 Å². The molecule has 0 saturated heterocycles. The first kappa shape index (κ1) is 19.4. The number of ether oxygens (including phenoxy) is 4. The van der Waals surface area contributed by atoms with Crippen molar-refractivity contribution >= 4 is 5.91 Å². The molecule has 26 heavy (non-hydrogen) atoms. The molecule has 0 atom stereocenters. The van der Waals surface area contributed by atoms with E-state index in [4.69, 9.17) is 18.9 Å². The van der Waals surface area contributed by atoms with Crippen LogP contribution in [0.5, 0.6) is 23.0 Å². The van der Waals surface area contributed by atoms with E-state index >= 15 is 0 Å². The summed E-state index contributed by atoms with van der Waals surface area (Å²) in [5.41, 5.74) is 2.02. The first-order chi connectivity index (χ1) is 12.6. The van der Waals surface area contributed by atoms with E-state index in [1.807, 2.05) is 43.3 Å². The largest absolute Gasteiger partial charge is 0.493 e. The van der Waals surface area contributed by atoms with Gasteiger partial charge in [-0.3, -0.25) is 4.79 Å². The molecule has 2 aromatic carbocycles. The lowest BCUT2D eigenvalue weighted by molar-refractivity contribution is -0.121. The summed E-state index contributed by atoms with van der Waals surface area (Å²) < 4.78 is 21.5. The van der Waals surface area contributed by atoms with Crippen LogP contribution < -0.4 is 24.3 Å². The number of amides is 1. The Kier molecular flexibility index (Phi) is 7.14. The Morgan fingerprint density at radius 3 is 2.12 bits per heavy atom. The summed E-state index contributed by atoms with van der Waals surface area (Å²) in [6.45, 7) is 2.70. The fraction of sp³-hybridized carbons (Fsp3) is 0.350. The quantitative estimate of drug-likeness (QED) is 0.745. The lowest BCUT2D eigenvalue weighted by atomic mass is 10.1. The molecule has 140 valence electrons. The third kappa shape index (κ3) is 5.31. The molecule has 0 spiro atoms. The van der Waals surface area contributed by atoms with Crippen LogP contribution in [-0.2, 0) is 11.3 Å². The number of benzene rings is 2. The Balaban J connectivity index is 1.85. The Bertz CT molecular complexity index is 702. The molecule has 2 rings (SSSR count). The molecule has 0 aliphatic heterocycles. The SMILES string of the molecule is COc1cc(CNC(=O)CCOc2ccc(C)cc2)cc(OC)c1OC. The Morgan fingerprint density at radius 1 is 0.962 bits per heavy atom. The normalized spacial score (nSPS) is 10.2. The molecule has 0 fully saturated rings. The Labute approximate surface area is 154 Å². The highest BCUT2D eigenvalue weighted by Crippen LogP contribution is 2.38. The van der Waals surface area contributed by atoms with Crippen LogP contribution in [0, 0.1) is 6.92 Å². The van der Waals surface area contributed by atoms with Crippen LogP contribution in [0.1, 0.15) is 17.5 Å². The molecule has 0 bridgehead atoms. The third-order valence-electron chi connectivity index (χ3n) is 3.83. The van der Waals surface area contributed by atoms with Crippen LogP contribution in [0.25, 0.3) is 0 Å². The average Bonchev–Trinajstić information content (AvgIpc) is 2.66. The number of carbonyl (C=O) groups is 1. The first-order valence-corrected chi connectivity index (χ1v) is 8.32. The van der Waals surface area contributed by atoms with Gasteiger partial charge in [-0.2, -0.15) is 0 Å². The zero-order chi connectivity index (χ0) is 18.9. The zero-order valence-electron chi connectivity index (χ0n) is 15.6. The van der Waals surface area contributed by atoms with Gasteiger partial charge in [0.25, 0.3) is 0 Å². The fourth-order valence-corrected chi connectivity index (χ4v) is 2.42. The average molecular weight is 359 g/mol. The summed E-state index contributed by atoms with van der Waals surface area (Å²) in [6, 6.07) is 11.3. The van der Waals surface area contributed by atoms with Crippen molar-refractivity contribution < 1.29 is 23.7 Å². The highest BCUT2D eigenvalue weighted by molar-refractivity contribution is 5.76. The van der Waals surface area contributed by atoms with E-state index < -0.39 is 0 Å². The topological polar surface area (TPSA) is 66.0 Å². The van der Waals surface area contributed by atoms with Gasteiger partial charge in [-0.05, 0) is 36.8 Å².